The number of rotatable bonds is 6. The van der Waals surface area contributed by atoms with E-state index in [2.05, 4.69) is 109 Å². The molecule has 0 aliphatic heterocycles. The Hall–Kier alpha value is -2.86. The summed E-state index contributed by atoms with van der Waals surface area (Å²) in [5.41, 5.74) is 1.17. The van der Waals surface area contributed by atoms with E-state index in [4.69, 9.17) is 4.74 Å². The van der Waals surface area contributed by atoms with Crippen molar-refractivity contribution in [2.75, 3.05) is 0 Å². The average molecular weight is 382 g/mol. The van der Waals surface area contributed by atoms with Crippen LogP contribution in [0.25, 0.3) is 0 Å². The molecule has 0 amide bonds. The Bertz CT molecular complexity index is 939. The van der Waals surface area contributed by atoms with Crippen LogP contribution in [-0.2, 0) is 11.3 Å². The summed E-state index contributed by atoms with van der Waals surface area (Å²) in [5, 5.41) is 3.88. The largest absolute Gasteiger partial charge is 0.348 e. The molecule has 0 aromatic heterocycles. The molecule has 138 valence electrons. The van der Waals surface area contributed by atoms with Crippen molar-refractivity contribution < 1.29 is 4.74 Å². The van der Waals surface area contributed by atoms with Gasteiger partial charge in [0.1, 0.15) is 0 Å². The molecule has 0 atom stereocenters. The Labute approximate surface area is 167 Å². The first kappa shape index (κ1) is 18.5. The zero-order valence-electron chi connectivity index (χ0n) is 15.7. The first-order valence-corrected chi connectivity index (χ1v) is 11.3. The minimum absolute atomic E-state index is 0.565. The Morgan fingerprint density at radius 3 is 1.25 bits per heavy atom. The molecule has 0 saturated heterocycles. The van der Waals surface area contributed by atoms with Gasteiger partial charge in [-0.1, -0.05) is 121 Å². The van der Waals surface area contributed by atoms with Crippen molar-refractivity contribution in [3.8, 4) is 0 Å². The molecule has 0 bridgehead atoms. The second-order valence-electron chi connectivity index (χ2n) is 6.63. The maximum atomic E-state index is 6.27. The van der Waals surface area contributed by atoms with Gasteiger partial charge in [0.05, 0.1) is 6.61 Å². The molecule has 0 fully saturated rings. The fraction of sp³-hybridized carbons (Fsp3) is 0.0385. The number of hydrogen-bond donors (Lipinski definition) is 0. The van der Waals surface area contributed by atoms with Crippen molar-refractivity contribution in [1.29, 1.82) is 0 Å². The van der Waals surface area contributed by atoms with Gasteiger partial charge >= 0.3 is 0 Å². The molecular formula is C26H23OP. The standard InChI is InChI=1S/C26H23OP/c1-5-13-23(14-6-1)21-27-22-28(24-15-7-2-8-16-24,25-17-9-3-10-18-25)26-19-11-4-12-20-26/h1-20,22H,21H2. The highest BCUT2D eigenvalue weighted by Crippen LogP contribution is 2.43. The van der Waals surface area contributed by atoms with Crippen LogP contribution in [-0.4, -0.2) is 5.98 Å². The van der Waals surface area contributed by atoms with Crippen molar-refractivity contribution in [3.05, 3.63) is 127 Å². The molecule has 0 N–H and O–H groups in total. The van der Waals surface area contributed by atoms with Crippen LogP contribution in [0.1, 0.15) is 5.56 Å². The number of hydrogen-bond acceptors (Lipinski definition) is 1. The van der Waals surface area contributed by atoms with E-state index in [1.165, 1.54) is 21.5 Å². The maximum Gasteiger partial charge on any atom is 0.0776 e. The Balaban J connectivity index is 1.89. The molecule has 0 aliphatic carbocycles. The fourth-order valence-electron chi connectivity index (χ4n) is 3.44. The lowest BCUT2D eigenvalue weighted by molar-refractivity contribution is 0.314. The monoisotopic (exact) mass is 382 g/mol. The van der Waals surface area contributed by atoms with E-state index < -0.39 is 6.89 Å². The smallest absolute Gasteiger partial charge is 0.0776 e. The van der Waals surface area contributed by atoms with Gasteiger partial charge in [-0.05, 0) is 28.4 Å². The minimum Gasteiger partial charge on any atom is -0.348 e. The van der Waals surface area contributed by atoms with Crippen LogP contribution in [0.5, 0.6) is 0 Å². The molecule has 0 unspecified atom stereocenters. The lowest BCUT2D eigenvalue weighted by atomic mass is 10.2. The molecule has 0 spiro atoms. The lowest BCUT2D eigenvalue weighted by Crippen LogP contribution is -2.27. The zero-order valence-corrected chi connectivity index (χ0v) is 16.6. The maximum absolute atomic E-state index is 6.27. The number of benzene rings is 4. The van der Waals surface area contributed by atoms with E-state index >= 15 is 0 Å². The average Bonchev–Trinajstić information content (AvgIpc) is 2.79. The molecule has 28 heavy (non-hydrogen) atoms. The van der Waals surface area contributed by atoms with Crippen molar-refractivity contribution in [3.63, 3.8) is 0 Å². The van der Waals surface area contributed by atoms with E-state index in [9.17, 15) is 0 Å². The van der Waals surface area contributed by atoms with E-state index in [1.807, 2.05) is 18.2 Å². The molecule has 1 nitrogen and oxygen atoms in total. The predicted molar refractivity (Wildman–Crippen MR) is 122 cm³/mol. The summed E-state index contributed by atoms with van der Waals surface area (Å²) in [6, 6.07) is 42.5. The topological polar surface area (TPSA) is 9.23 Å². The fourth-order valence-corrected chi connectivity index (χ4v) is 6.92. The van der Waals surface area contributed by atoms with Crippen LogP contribution in [0.15, 0.2) is 121 Å². The molecular weight excluding hydrogens is 359 g/mol. The van der Waals surface area contributed by atoms with Crippen molar-refractivity contribution in [1.82, 2.24) is 0 Å². The van der Waals surface area contributed by atoms with Crippen LogP contribution in [0.3, 0.4) is 0 Å². The molecule has 4 rings (SSSR count). The van der Waals surface area contributed by atoms with Gasteiger partial charge in [0, 0.05) is 5.98 Å². The van der Waals surface area contributed by atoms with Gasteiger partial charge in [0.15, 0.2) is 0 Å². The van der Waals surface area contributed by atoms with Gasteiger partial charge in [-0.2, -0.15) is 0 Å². The van der Waals surface area contributed by atoms with Gasteiger partial charge in [0.2, 0.25) is 0 Å². The van der Waals surface area contributed by atoms with Crippen LogP contribution in [0.4, 0.5) is 0 Å². The Morgan fingerprint density at radius 2 is 0.857 bits per heavy atom. The molecule has 0 aliphatic rings. The normalized spacial score (nSPS) is 11.1. The third-order valence-corrected chi connectivity index (χ3v) is 8.62. The highest BCUT2D eigenvalue weighted by atomic mass is 31.2. The van der Waals surface area contributed by atoms with Crippen LogP contribution in [0.2, 0.25) is 0 Å². The second-order valence-corrected chi connectivity index (χ2v) is 9.84. The molecule has 0 radical (unpaired) electrons. The van der Waals surface area contributed by atoms with Crippen LogP contribution >= 0.6 is 6.89 Å². The number of ether oxygens (including phenoxy) is 1. The molecule has 0 saturated carbocycles. The Morgan fingerprint density at radius 1 is 0.500 bits per heavy atom. The quantitative estimate of drug-likeness (QED) is 0.429. The lowest BCUT2D eigenvalue weighted by Gasteiger charge is -2.28. The zero-order chi connectivity index (χ0) is 19.1. The summed E-state index contributed by atoms with van der Waals surface area (Å²) in [6.07, 6.45) is 0. The van der Waals surface area contributed by atoms with Gasteiger partial charge < -0.3 is 4.74 Å². The molecule has 4 aromatic rings. The highest BCUT2D eigenvalue weighted by molar-refractivity contribution is 7.94. The third kappa shape index (κ3) is 3.87. The predicted octanol–water partition coefficient (Wildman–Crippen LogP) is 4.96. The van der Waals surface area contributed by atoms with E-state index in [0.29, 0.717) is 6.61 Å². The third-order valence-electron chi connectivity index (χ3n) is 4.82. The summed E-state index contributed by atoms with van der Waals surface area (Å²) >= 11 is 0. The van der Waals surface area contributed by atoms with Crippen LogP contribution in [0, 0.1) is 0 Å². The second kappa shape index (κ2) is 8.89. The summed E-state index contributed by atoms with van der Waals surface area (Å²) < 4.78 is 6.27. The Kier molecular flexibility index (Phi) is 5.87. The van der Waals surface area contributed by atoms with Crippen molar-refractivity contribution in [2.45, 2.75) is 6.61 Å². The summed E-state index contributed by atoms with van der Waals surface area (Å²) in [7, 11) is 0. The summed E-state index contributed by atoms with van der Waals surface area (Å²) in [4.78, 5) is 0. The first-order chi connectivity index (χ1) is 13.9. The van der Waals surface area contributed by atoms with Gasteiger partial charge in [-0.25, -0.2) is 0 Å². The summed E-state index contributed by atoms with van der Waals surface area (Å²) in [6.45, 7) is -1.47. The molecule has 4 aromatic carbocycles. The molecule has 2 heteroatoms. The first-order valence-electron chi connectivity index (χ1n) is 9.45. The van der Waals surface area contributed by atoms with E-state index in [0.717, 1.165) is 0 Å². The van der Waals surface area contributed by atoms with Crippen molar-refractivity contribution >= 4 is 28.8 Å². The van der Waals surface area contributed by atoms with E-state index in [-0.39, 0.29) is 0 Å². The van der Waals surface area contributed by atoms with Gasteiger partial charge in [0.25, 0.3) is 0 Å². The highest BCUT2D eigenvalue weighted by Gasteiger charge is 2.25. The van der Waals surface area contributed by atoms with Gasteiger partial charge in [-0.3, -0.25) is 0 Å². The van der Waals surface area contributed by atoms with Gasteiger partial charge in [-0.15, -0.1) is 0 Å². The summed E-state index contributed by atoms with van der Waals surface area (Å²) in [5.74, 6) is 2.11. The van der Waals surface area contributed by atoms with E-state index in [1.54, 1.807) is 0 Å². The van der Waals surface area contributed by atoms with Crippen LogP contribution < -0.4 is 15.9 Å². The molecule has 0 heterocycles. The SMILES string of the molecule is C(OCc1ccccc1)=P(c1ccccc1)(c1ccccc1)c1ccccc1. The minimum atomic E-state index is -2.04. The van der Waals surface area contributed by atoms with Crippen molar-refractivity contribution in [2.24, 2.45) is 0 Å².